The average Bonchev–Trinajstić information content (AvgIpc) is 3.41. The van der Waals surface area contributed by atoms with Gasteiger partial charge in [-0.25, -0.2) is 9.67 Å². The lowest BCUT2D eigenvalue weighted by molar-refractivity contribution is 0.391. The molecule has 1 aromatic heterocycles. The van der Waals surface area contributed by atoms with Gasteiger partial charge in [-0.05, 0) is 24.1 Å². The van der Waals surface area contributed by atoms with Crippen LogP contribution in [0.15, 0.2) is 41.4 Å². The molecule has 2 N–H and O–H groups in total. The first-order chi connectivity index (χ1) is 14.1. The number of aryl methyl sites for hydroxylation is 1. The molecule has 0 saturated heterocycles. The highest BCUT2D eigenvalue weighted by Gasteiger charge is 2.23. The number of guanidine groups is 1. The van der Waals surface area contributed by atoms with Gasteiger partial charge in [0.1, 0.15) is 5.82 Å². The molecule has 1 atom stereocenters. The number of nitrogens with one attached hydrogen (secondary N) is 2. The van der Waals surface area contributed by atoms with Crippen molar-refractivity contribution in [3.8, 4) is 0 Å². The Morgan fingerprint density at radius 2 is 1.97 bits per heavy atom. The van der Waals surface area contributed by atoms with E-state index in [2.05, 4.69) is 85.6 Å². The van der Waals surface area contributed by atoms with Gasteiger partial charge < -0.3 is 15.5 Å². The minimum atomic E-state index is 0.306. The second kappa shape index (κ2) is 8.68. The molecule has 7 nitrogen and oxygen atoms in total. The lowest BCUT2D eigenvalue weighted by Gasteiger charge is -2.25. The average molecular weight is 394 g/mol. The maximum Gasteiger partial charge on any atom is 0.191 e. The molecule has 2 aromatic rings. The van der Waals surface area contributed by atoms with Crippen LogP contribution in [0.4, 0.5) is 5.69 Å². The highest BCUT2D eigenvalue weighted by molar-refractivity contribution is 5.80. The molecule has 0 bridgehead atoms. The molecule has 29 heavy (non-hydrogen) atoms. The van der Waals surface area contributed by atoms with Crippen LogP contribution in [-0.2, 0) is 19.5 Å². The molecule has 4 rings (SSSR count). The van der Waals surface area contributed by atoms with E-state index < -0.39 is 0 Å². The largest absolute Gasteiger partial charge is 0.364 e. The van der Waals surface area contributed by atoms with E-state index in [1.165, 1.54) is 11.3 Å². The molecule has 0 aliphatic carbocycles. The van der Waals surface area contributed by atoms with Gasteiger partial charge in [-0.1, -0.05) is 38.1 Å². The van der Waals surface area contributed by atoms with Gasteiger partial charge in [0.2, 0.25) is 0 Å². The van der Waals surface area contributed by atoms with E-state index in [-0.39, 0.29) is 0 Å². The number of benzene rings is 1. The summed E-state index contributed by atoms with van der Waals surface area (Å²) in [5.74, 6) is 3.23. The van der Waals surface area contributed by atoms with Crippen molar-refractivity contribution in [3.63, 3.8) is 0 Å². The van der Waals surface area contributed by atoms with Gasteiger partial charge in [0.05, 0.1) is 6.54 Å². The fraction of sp³-hybridized carbons (Fsp3) is 0.500. The zero-order chi connectivity index (χ0) is 20.2. The van der Waals surface area contributed by atoms with E-state index in [4.69, 9.17) is 0 Å². The number of anilines is 1. The molecular weight excluding hydrogens is 362 g/mol. The van der Waals surface area contributed by atoms with E-state index in [1.807, 2.05) is 7.05 Å². The number of aromatic nitrogens is 3. The number of nitrogens with zero attached hydrogens (tertiary/aromatic N) is 5. The van der Waals surface area contributed by atoms with Crippen LogP contribution in [-0.4, -0.2) is 46.9 Å². The molecule has 2 aliphatic heterocycles. The Hall–Kier alpha value is -2.83. The van der Waals surface area contributed by atoms with Crippen molar-refractivity contribution in [2.75, 3.05) is 25.0 Å². The highest BCUT2D eigenvalue weighted by atomic mass is 15.4. The Labute approximate surface area is 172 Å². The SMILES string of the molecule is CN=C(NCc1ccc(N2CC=CC2)cc1)NC1CCc2nc(C(C)C)nn2C1. The Kier molecular flexibility index (Phi) is 5.83. The molecule has 2 aliphatic rings. The Bertz CT molecular complexity index is 871. The first kappa shape index (κ1) is 19.5. The lowest BCUT2D eigenvalue weighted by atomic mass is 10.1. The number of hydrogen-bond acceptors (Lipinski definition) is 4. The third-order valence-electron chi connectivity index (χ3n) is 5.54. The van der Waals surface area contributed by atoms with Gasteiger partial charge in [-0.2, -0.15) is 5.10 Å². The quantitative estimate of drug-likeness (QED) is 0.464. The van der Waals surface area contributed by atoms with Crippen molar-refractivity contribution in [2.24, 2.45) is 4.99 Å². The van der Waals surface area contributed by atoms with E-state index in [1.54, 1.807) is 0 Å². The normalized spacial score (nSPS) is 19.0. The minimum Gasteiger partial charge on any atom is -0.364 e. The second-order valence-electron chi connectivity index (χ2n) is 8.07. The van der Waals surface area contributed by atoms with E-state index in [0.29, 0.717) is 12.0 Å². The van der Waals surface area contributed by atoms with Gasteiger partial charge in [0.25, 0.3) is 0 Å². The first-order valence-corrected chi connectivity index (χ1v) is 10.5. The van der Waals surface area contributed by atoms with E-state index in [0.717, 1.165) is 56.6 Å². The molecule has 0 amide bonds. The summed E-state index contributed by atoms with van der Waals surface area (Å²) < 4.78 is 2.05. The van der Waals surface area contributed by atoms with Crippen LogP contribution in [0, 0.1) is 0 Å². The van der Waals surface area contributed by atoms with Gasteiger partial charge in [0, 0.05) is 50.7 Å². The van der Waals surface area contributed by atoms with Gasteiger partial charge >= 0.3 is 0 Å². The third kappa shape index (κ3) is 4.60. The topological polar surface area (TPSA) is 70.4 Å². The predicted octanol–water partition coefficient (Wildman–Crippen LogP) is 2.46. The van der Waals surface area contributed by atoms with Gasteiger partial charge in [0.15, 0.2) is 11.8 Å². The third-order valence-corrected chi connectivity index (χ3v) is 5.54. The van der Waals surface area contributed by atoms with Gasteiger partial charge in [-0.15, -0.1) is 0 Å². The van der Waals surface area contributed by atoms with Crippen LogP contribution in [0.1, 0.15) is 43.4 Å². The highest BCUT2D eigenvalue weighted by Crippen LogP contribution is 2.18. The van der Waals surface area contributed by atoms with Crippen LogP contribution < -0.4 is 15.5 Å². The zero-order valence-electron chi connectivity index (χ0n) is 17.6. The van der Waals surface area contributed by atoms with Crippen molar-refractivity contribution in [1.29, 1.82) is 0 Å². The molecule has 3 heterocycles. The monoisotopic (exact) mass is 393 g/mol. The Morgan fingerprint density at radius 3 is 2.66 bits per heavy atom. The fourth-order valence-corrected chi connectivity index (χ4v) is 3.78. The smallest absolute Gasteiger partial charge is 0.191 e. The number of fused-ring (bicyclic) bond motifs is 1. The summed E-state index contributed by atoms with van der Waals surface area (Å²) in [7, 11) is 1.82. The molecule has 154 valence electrons. The number of hydrogen-bond donors (Lipinski definition) is 2. The number of rotatable bonds is 5. The van der Waals surface area contributed by atoms with E-state index in [9.17, 15) is 0 Å². The molecule has 1 unspecified atom stereocenters. The van der Waals surface area contributed by atoms with E-state index >= 15 is 0 Å². The van der Waals surface area contributed by atoms with Crippen LogP contribution in [0.2, 0.25) is 0 Å². The molecule has 0 radical (unpaired) electrons. The molecular formula is C22H31N7. The van der Waals surface area contributed by atoms with Crippen LogP contribution in [0.25, 0.3) is 0 Å². The summed E-state index contributed by atoms with van der Waals surface area (Å²) in [6.45, 7) is 7.85. The predicted molar refractivity (Wildman–Crippen MR) is 117 cm³/mol. The van der Waals surface area contributed by atoms with Crippen LogP contribution >= 0.6 is 0 Å². The minimum absolute atomic E-state index is 0.306. The lowest BCUT2D eigenvalue weighted by Crippen LogP contribution is -2.46. The Balaban J connectivity index is 1.29. The van der Waals surface area contributed by atoms with Gasteiger partial charge in [-0.3, -0.25) is 4.99 Å². The molecule has 0 spiro atoms. The first-order valence-electron chi connectivity index (χ1n) is 10.5. The molecule has 1 aromatic carbocycles. The summed E-state index contributed by atoms with van der Waals surface area (Å²) in [5.41, 5.74) is 2.51. The number of aliphatic imine (C=N–C) groups is 1. The molecule has 0 fully saturated rings. The Morgan fingerprint density at radius 1 is 1.21 bits per heavy atom. The van der Waals surface area contributed by atoms with Crippen molar-refractivity contribution in [1.82, 2.24) is 25.4 Å². The zero-order valence-corrected chi connectivity index (χ0v) is 17.6. The standard InChI is InChI=1S/C22H31N7/c1-16(2)21-26-20-11-8-18(15-29(20)27-21)25-22(23-3)24-14-17-6-9-19(10-7-17)28-12-4-5-13-28/h4-7,9-10,16,18H,8,11-15H2,1-3H3,(H2,23,24,25). The summed E-state index contributed by atoms with van der Waals surface area (Å²) in [6, 6.07) is 9.06. The van der Waals surface area contributed by atoms with Crippen LogP contribution in [0.3, 0.4) is 0 Å². The summed E-state index contributed by atoms with van der Waals surface area (Å²) in [4.78, 5) is 11.4. The fourth-order valence-electron chi connectivity index (χ4n) is 3.78. The van der Waals surface area contributed by atoms with Crippen molar-refractivity contribution in [2.45, 2.75) is 51.7 Å². The second-order valence-corrected chi connectivity index (χ2v) is 8.07. The van der Waals surface area contributed by atoms with Crippen LogP contribution in [0.5, 0.6) is 0 Å². The summed E-state index contributed by atoms with van der Waals surface area (Å²) in [5, 5.41) is 11.6. The summed E-state index contributed by atoms with van der Waals surface area (Å²) >= 11 is 0. The molecule has 0 saturated carbocycles. The van der Waals surface area contributed by atoms with Crippen molar-refractivity contribution >= 4 is 11.6 Å². The molecule has 7 heteroatoms. The maximum absolute atomic E-state index is 4.67. The maximum atomic E-state index is 4.67. The van der Waals surface area contributed by atoms with Crippen molar-refractivity contribution < 1.29 is 0 Å². The van der Waals surface area contributed by atoms with Crippen molar-refractivity contribution in [3.05, 3.63) is 53.6 Å². The summed E-state index contributed by atoms with van der Waals surface area (Å²) in [6.07, 6.45) is 6.40.